The molecule has 3 amide bonds. The molecule has 3 atom stereocenters. The summed E-state index contributed by atoms with van der Waals surface area (Å²) < 4.78 is 0. The smallest absolute Gasteiger partial charge is 0.326 e. The van der Waals surface area contributed by atoms with Crippen molar-refractivity contribution in [3.63, 3.8) is 0 Å². The molecular formula is C17H29N3O4. The van der Waals surface area contributed by atoms with E-state index in [0.717, 1.165) is 32.4 Å². The van der Waals surface area contributed by atoms with E-state index in [9.17, 15) is 19.5 Å². The van der Waals surface area contributed by atoms with Crippen LogP contribution in [-0.2, 0) is 9.59 Å². The maximum Gasteiger partial charge on any atom is 0.326 e. The van der Waals surface area contributed by atoms with Crippen LogP contribution >= 0.6 is 0 Å². The molecule has 0 aliphatic carbocycles. The van der Waals surface area contributed by atoms with Gasteiger partial charge in [-0.3, -0.25) is 4.79 Å². The maximum absolute atomic E-state index is 12.5. The monoisotopic (exact) mass is 339 g/mol. The number of piperidine rings is 1. The number of hydrogen-bond donors (Lipinski definition) is 2. The Morgan fingerprint density at radius 1 is 1.12 bits per heavy atom. The fourth-order valence-electron chi connectivity index (χ4n) is 3.43. The van der Waals surface area contributed by atoms with Gasteiger partial charge >= 0.3 is 12.0 Å². The predicted molar refractivity (Wildman–Crippen MR) is 89.5 cm³/mol. The third-order valence-electron chi connectivity index (χ3n) is 5.22. The summed E-state index contributed by atoms with van der Waals surface area (Å²) in [5.41, 5.74) is 0. The van der Waals surface area contributed by atoms with Gasteiger partial charge in [0.25, 0.3) is 0 Å². The summed E-state index contributed by atoms with van der Waals surface area (Å²) >= 11 is 0. The fourth-order valence-corrected chi connectivity index (χ4v) is 3.43. The van der Waals surface area contributed by atoms with Gasteiger partial charge in [0.2, 0.25) is 5.91 Å². The quantitative estimate of drug-likeness (QED) is 0.795. The largest absolute Gasteiger partial charge is 0.480 e. The minimum absolute atomic E-state index is 0.0155. The average molecular weight is 339 g/mol. The van der Waals surface area contributed by atoms with Crippen LogP contribution in [0.2, 0.25) is 0 Å². The highest BCUT2D eigenvalue weighted by Crippen LogP contribution is 2.20. The van der Waals surface area contributed by atoms with Crippen LogP contribution in [0.25, 0.3) is 0 Å². The summed E-state index contributed by atoms with van der Waals surface area (Å²) in [4.78, 5) is 39.9. The predicted octanol–water partition coefficient (Wildman–Crippen LogP) is 1.53. The van der Waals surface area contributed by atoms with Gasteiger partial charge in [0.05, 0.1) is 5.92 Å². The summed E-state index contributed by atoms with van der Waals surface area (Å²) in [7, 11) is 0. The highest BCUT2D eigenvalue weighted by atomic mass is 16.4. The first kappa shape index (κ1) is 18.5. The van der Waals surface area contributed by atoms with Crippen molar-refractivity contribution < 1.29 is 19.5 Å². The lowest BCUT2D eigenvalue weighted by molar-refractivity contribution is -0.144. The minimum Gasteiger partial charge on any atom is -0.480 e. The Labute approximate surface area is 143 Å². The van der Waals surface area contributed by atoms with Gasteiger partial charge in [-0.15, -0.1) is 0 Å². The van der Waals surface area contributed by atoms with E-state index in [2.05, 4.69) is 5.32 Å². The molecule has 2 rings (SSSR count). The van der Waals surface area contributed by atoms with Crippen LogP contribution in [0.1, 0.15) is 46.0 Å². The third-order valence-corrected chi connectivity index (χ3v) is 5.22. The Morgan fingerprint density at radius 3 is 2.33 bits per heavy atom. The molecule has 136 valence electrons. The Kier molecular flexibility index (Phi) is 6.45. The molecule has 2 saturated heterocycles. The number of likely N-dealkylation sites (tertiary alicyclic amines) is 2. The zero-order valence-electron chi connectivity index (χ0n) is 14.7. The molecule has 2 aliphatic rings. The van der Waals surface area contributed by atoms with Crippen molar-refractivity contribution in [3.8, 4) is 0 Å². The summed E-state index contributed by atoms with van der Waals surface area (Å²) in [6, 6.07) is -0.853. The van der Waals surface area contributed by atoms with Crippen molar-refractivity contribution in [2.75, 3.05) is 26.2 Å². The van der Waals surface area contributed by atoms with Crippen LogP contribution in [0.5, 0.6) is 0 Å². The maximum atomic E-state index is 12.5. The molecule has 2 N–H and O–H groups in total. The van der Waals surface area contributed by atoms with Crippen LogP contribution in [-0.4, -0.2) is 65.0 Å². The van der Waals surface area contributed by atoms with Gasteiger partial charge in [-0.05, 0) is 31.6 Å². The molecule has 24 heavy (non-hydrogen) atoms. The first-order chi connectivity index (χ1) is 11.4. The van der Waals surface area contributed by atoms with Crippen LogP contribution < -0.4 is 5.32 Å². The SMILES string of the molecule is CCC(C)C(NC(=O)C1CCCN(C(=O)N2CCCC2)C1)C(=O)O. The Balaban J connectivity index is 1.94. The van der Waals surface area contributed by atoms with E-state index in [1.807, 2.05) is 18.7 Å². The second-order valence-electron chi connectivity index (χ2n) is 6.97. The Bertz CT molecular complexity index is 476. The molecule has 7 nitrogen and oxygen atoms in total. The number of nitrogens with zero attached hydrogens (tertiary/aromatic N) is 2. The Hall–Kier alpha value is -1.79. The first-order valence-corrected chi connectivity index (χ1v) is 9.01. The molecule has 2 aliphatic heterocycles. The number of carboxylic acid groups (broad SMARTS) is 1. The highest BCUT2D eigenvalue weighted by molar-refractivity contribution is 5.86. The van der Waals surface area contributed by atoms with E-state index in [0.29, 0.717) is 25.9 Å². The second kappa shape index (κ2) is 8.35. The molecule has 0 spiro atoms. The number of rotatable bonds is 5. The summed E-state index contributed by atoms with van der Waals surface area (Å²) in [5, 5.41) is 12.0. The molecule has 0 aromatic heterocycles. The van der Waals surface area contributed by atoms with Gasteiger partial charge in [-0.1, -0.05) is 20.3 Å². The molecule has 0 saturated carbocycles. The van der Waals surface area contributed by atoms with Crippen molar-refractivity contribution in [1.29, 1.82) is 0 Å². The number of carbonyl (C=O) groups is 3. The van der Waals surface area contributed by atoms with Crippen molar-refractivity contribution in [2.24, 2.45) is 11.8 Å². The van der Waals surface area contributed by atoms with Gasteiger partial charge < -0.3 is 20.2 Å². The van der Waals surface area contributed by atoms with E-state index in [-0.39, 0.29) is 23.8 Å². The number of nitrogens with one attached hydrogen (secondary N) is 1. The summed E-state index contributed by atoms with van der Waals surface area (Å²) in [6.45, 7) is 6.37. The lowest BCUT2D eigenvalue weighted by Crippen LogP contribution is -2.52. The van der Waals surface area contributed by atoms with Crippen LogP contribution in [0, 0.1) is 11.8 Å². The molecule has 7 heteroatoms. The zero-order valence-corrected chi connectivity index (χ0v) is 14.7. The van der Waals surface area contributed by atoms with E-state index < -0.39 is 12.0 Å². The molecular weight excluding hydrogens is 310 g/mol. The van der Waals surface area contributed by atoms with Gasteiger partial charge in [0.15, 0.2) is 0 Å². The fraction of sp³-hybridized carbons (Fsp3) is 0.824. The summed E-state index contributed by atoms with van der Waals surface area (Å²) in [6.07, 6.45) is 4.24. The molecule has 0 aromatic rings. The number of amides is 3. The number of carboxylic acids is 1. The van der Waals surface area contributed by atoms with E-state index in [1.54, 1.807) is 4.90 Å². The number of aliphatic carboxylic acids is 1. The minimum atomic E-state index is -1.00. The molecule has 3 unspecified atom stereocenters. The molecule has 0 bridgehead atoms. The molecule has 2 fully saturated rings. The Morgan fingerprint density at radius 2 is 1.75 bits per heavy atom. The van der Waals surface area contributed by atoms with Crippen LogP contribution in [0.15, 0.2) is 0 Å². The molecule has 0 aromatic carbocycles. The third kappa shape index (κ3) is 4.39. The van der Waals surface area contributed by atoms with Gasteiger partial charge in [-0.25, -0.2) is 9.59 Å². The van der Waals surface area contributed by atoms with Gasteiger partial charge in [0, 0.05) is 26.2 Å². The normalized spacial score (nSPS) is 23.7. The van der Waals surface area contributed by atoms with E-state index >= 15 is 0 Å². The zero-order chi connectivity index (χ0) is 17.7. The highest BCUT2D eigenvalue weighted by Gasteiger charge is 2.34. The average Bonchev–Trinajstić information content (AvgIpc) is 3.12. The number of hydrogen-bond acceptors (Lipinski definition) is 3. The van der Waals surface area contributed by atoms with Crippen LogP contribution in [0.3, 0.4) is 0 Å². The first-order valence-electron chi connectivity index (χ1n) is 9.01. The van der Waals surface area contributed by atoms with Crippen molar-refractivity contribution in [1.82, 2.24) is 15.1 Å². The second-order valence-corrected chi connectivity index (χ2v) is 6.97. The summed E-state index contributed by atoms with van der Waals surface area (Å²) in [5.74, 6) is -1.70. The lowest BCUT2D eigenvalue weighted by Gasteiger charge is -2.35. The lowest BCUT2D eigenvalue weighted by atomic mass is 9.94. The van der Waals surface area contributed by atoms with Crippen molar-refractivity contribution in [2.45, 2.75) is 52.0 Å². The van der Waals surface area contributed by atoms with Gasteiger partial charge in [-0.2, -0.15) is 0 Å². The van der Waals surface area contributed by atoms with Crippen LogP contribution in [0.4, 0.5) is 4.79 Å². The topological polar surface area (TPSA) is 90.0 Å². The van der Waals surface area contributed by atoms with E-state index in [4.69, 9.17) is 0 Å². The number of urea groups is 1. The molecule has 2 heterocycles. The van der Waals surface area contributed by atoms with Gasteiger partial charge in [0.1, 0.15) is 6.04 Å². The number of carbonyl (C=O) groups excluding carboxylic acids is 2. The van der Waals surface area contributed by atoms with E-state index in [1.165, 1.54) is 0 Å². The molecule has 0 radical (unpaired) electrons. The standard InChI is InChI=1S/C17H29N3O4/c1-3-12(2)14(16(22)23)18-15(21)13-7-6-10-20(11-13)17(24)19-8-4-5-9-19/h12-14H,3-11H2,1-2H3,(H,18,21)(H,22,23). The van der Waals surface area contributed by atoms with Crippen molar-refractivity contribution >= 4 is 17.9 Å². The van der Waals surface area contributed by atoms with Crippen molar-refractivity contribution in [3.05, 3.63) is 0 Å².